The fraction of sp³-hybridized carbons (Fsp3) is 0.375. The molecule has 1 N–H and O–H groups in total. The minimum absolute atomic E-state index is 0.0686. The van der Waals surface area contributed by atoms with Gasteiger partial charge in [0, 0.05) is 23.9 Å². The molecule has 0 bridgehead atoms. The van der Waals surface area contributed by atoms with E-state index in [1.165, 1.54) is 10.4 Å². The second kappa shape index (κ2) is 7.80. The third kappa shape index (κ3) is 4.78. The van der Waals surface area contributed by atoms with Crippen molar-refractivity contribution >= 4 is 22.4 Å². The van der Waals surface area contributed by atoms with Crippen molar-refractivity contribution in [2.45, 2.75) is 39.0 Å². The van der Waals surface area contributed by atoms with E-state index in [9.17, 15) is 4.79 Å². The van der Waals surface area contributed by atoms with Gasteiger partial charge in [0.1, 0.15) is 0 Å². The second-order valence-corrected chi connectivity index (χ2v) is 5.91. The topological polar surface area (TPSA) is 42.0 Å². The third-order valence-electron chi connectivity index (χ3n) is 3.03. The fourth-order valence-electron chi connectivity index (χ4n) is 1.96. The van der Waals surface area contributed by atoms with Crippen LogP contribution in [0.1, 0.15) is 43.0 Å². The summed E-state index contributed by atoms with van der Waals surface area (Å²) in [4.78, 5) is 17.1. The Labute approximate surface area is 124 Å². The van der Waals surface area contributed by atoms with E-state index in [1.54, 1.807) is 11.3 Å². The molecule has 0 unspecified atom stereocenters. The summed E-state index contributed by atoms with van der Waals surface area (Å²) in [5.74, 6) is 0.0686. The SMILES string of the molecule is CCCCCC(=O)Nc1ncc(Cc2ccccc2)s1. The van der Waals surface area contributed by atoms with Crippen LogP contribution >= 0.6 is 11.3 Å². The summed E-state index contributed by atoms with van der Waals surface area (Å²) in [6.07, 6.45) is 6.48. The van der Waals surface area contributed by atoms with Crippen LogP contribution in [0.4, 0.5) is 5.13 Å². The second-order valence-electron chi connectivity index (χ2n) is 4.80. The minimum atomic E-state index is 0.0686. The molecule has 4 heteroatoms. The molecular formula is C16H20N2OS. The van der Waals surface area contributed by atoms with Crippen LogP contribution in [0.2, 0.25) is 0 Å². The molecule has 0 radical (unpaired) electrons. The van der Waals surface area contributed by atoms with Crippen LogP contribution in [0.15, 0.2) is 36.5 Å². The maximum Gasteiger partial charge on any atom is 0.226 e. The highest BCUT2D eigenvalue weighted by molar-refractivity contribution is 7.15. The van der Waals surface area contributed by atoms with E-state index in [0.717, 1.165) is 25.7 Å². The maximum absolute atomic E-state index is 11.7. The molecule has 0 atom stereocenters. The van der Waals surface area contributed by atoms with Crippen molar-refractivity contribution in [3.63, 3.8) is 0 Å². The molecule has 1 heterocycles. The Morgan fingerprint density at radius 1 is 1.25 bits per heavy atom. The van der Waals surface area contributed by atoms with Gasteiger partial charge in [-0.3, -0.25) is 4.79 Å². The number of rotatable bonds is 7. The largest absolute Gasteiger partial charge is 0.302 e. The number of thiazole rings is 1. The van der Waals surface area contributed by atoms with Crippen LogP contribution in [-0.4, -0.2) is 10.9 Å². The van der Waals surface area contributed by atoms with Crippen LogP contribution in [0.3, 0.4) is 0 Å². The summed E-state index contributed by atoms with van der Waals surface area (Å²) in [6.45, 7) is 2.13. The summed E-state index contributed by atoms with van der Waals surface area (Å²) in [5, 5.41) is 3.58. The molecule has 0 spiro atoms. The highest BCUT2D eigenvalue weighted by atomic mass is 32.1. The van der Waals surface area contributed by atoms with Gasteiger partial charge >= 0.3 is 0 Å². The highest BCUT2D eigenvalue weighted by Crippen LogP contribution is 2.21. The van der Waals surface area contributed by atoms with E-state index < -0.39 is 0 Å². The first-order chi connectivity index (χ1) is 9.78. The van der Waals surface area contributed by atoms with Gasteiger partial charge in [-0.1, -0.05) is 50.1 Å². The van der Waals surface area contributed by atoms with Gasteiger partial charge in [-0.15, -0.1) is 11.3 Å². The third-order valence-corrected chi connectivity index (χ3v) is 3.94. The normalized spacial score (nSPS) is 10.4. The molecule has 106 valence electrons. The summed E-state index contributed by atoms with van der Waals surface area (Å²) in [6, 6.07) is 10.3. The van der Waals surface area contributed by atoms with E-state index in [4.69, 9.17) is 0 Å². The van der Waals surface area contributed by atoms with Gasteiger partial charge in [0.15, 0.2) is 5.13 Å². The number of hydrogen-bond acceptors (Lipinski definition) is 3. The van der Waals surface area contributed by atoms with E-state index in [1.807, 2.05) is 24.4 Å². The van der Waals surface area contributed by atoms with Gasteiger partial charge in [-0.05, 0) is 12.0 Å². The summed E-state index contributed by atoms with van der Waals surface area (Å²) in [7, 11) is 0. The Morgan fingerprint density at radius 2 is 2.05 bits per heavy atom. The zero-order valence-corrected chi connectivity index (χ0v) is 12.6. The zero-order valence-electron chi connectivity index (χ0n) is 11.8. The number of carbonyl (C=O) groups excluding carboxylic acids is 1. The van der Waals surface area contributed by atoms with Crippen molar-refractivity contribution in [1.82, 2.24) is 4.98 Å². The Morgan fingerprint density at radius 3 is 2.80 bits per heavy atom. The van der Waals surface area contributed by atoms with Gasteiger partial charge in [0.05, 0.1) is 0 Å². The van der Waals surface area contributed by atoms with Crippen LogP contribution < -0.4 is 5.32 Å². The number of aromatic nitrogens is 1. The maximum atomic E-state index is 11.7. The first-order valence-corrected chi connectivity index (χ1v) is 7.88. The number of amides is 1. The lowest BCUT2D eigenvalue weighted by Gasteiger charge is -2.00. The number of benzene rings is 1. The molecule has 3 nitrogen and oxygen atoms in total. The molecule has 0 aliphatic carbocycles. The Balaban J connectivity index is 1.84. The van der Waals surface area contributed by atoms with Gasteiger partial charge in [-0.25, -0.2) is 4.98 Å². The van der Waals surface area contributed by atoms with E-state index in [0.29, 0.717) is 11.6 Å². The van der Waals surface area contributed by atoms with E-state index in [-0.39, 0.29) is 5.91 Å². The molecule has 2 aromatic rings. The summed E-state index contributed by atoms with van der Waals surface area (Å²) in [5.41, 5.74) is 1.26. The lowest BCUT2D eigenvalue weighted by molar-refractivity contribution is -0.116. The van der Waals surface area contributed by atoms with Crippen molar-refractivity contribution in [1.29, 1.82) is 0 Å². The lowest BCUT2D eigenvalue weighted by atomic mass is 10.1. The standard InChI is InChI=1S/C16H20N2OS/c1-2-3-5-10-15(19)18-16-17-12-14(20-16)11-13-8-6-4-7-9-13/h4,6-9,12H,2-3,5,10-11H2,1H3,(H,17,18,19). The molecule has 1 aromatic carbocycles. The van der Waals surface area contributed by atoms with Crippen LogP contribution in [0.25, 0.3) is 0 Å². The summed E-state index contributed by atoms with van der Waals surface area (Å²) >= 11 is 1.55. The summed E-state index contributed by atoms with van der Waals surface area (Å²) < 4.78 is 0. The van der Waals surface area contributed by atoms with Crippen molar-refractivity contribution in [2.75, 3.05) is 5.32 Å². The van der Waals surface area contributed by atoms with Crippen LogP contribution in [0.5, 0.6) is 0 Å². The molecule has 0 aliphatic heterocycles. The molecule has 0 aliphatic rings. The Bertz CT molecular complexity index is 536. The van der Waals surface area contributed by atoms with Crippen LogP contribution in [-0.2, 0) is 11.2 Å². The lowest BCUT2D eigenvalue weighted by Crippen LogP contribution is -2.10. The zero-order chi connectivity index (χ0) is 14.2. The predicted molar refractivity (Wildman–Crippen MR) is 84.1 cm³/mol. The smallest absolute Gasteiger partial charge is 0.226 e. The number of carbonyl (C=O) groups is 1. The van der Waals surface area contributed by atoms with Gasteiger partial charge in [0.2, 0.25) is 5.91 Å². The van der Waals surface area contributed by atoms with Crippen molar-refractivity contribution in [3.05, 3.63) is 47.0 Å². The first-order valence-electron chi connectivity index (χ1n) is 7.06. The number of unbranched alkanes of at least 4 members (excludes halogenated alkanes) is 2. The Kier molecular flexibility index (Phi) is 5.74. The highest BCUT2D eigenvalue weighted by Gasteiger charge is 2.06. The minimum Gasteiger partial charge on any atom is -0.302 e. The average Bonchev–Trinajstić information content (AvgIpc) is 2.87. The number of nitrogens with zero attached hydrogens (tertiary/aromatic N) is 1. The fourth-order valence-corrected chi connectivity index (χ4v) is 2.82. The molecule has 20 heavy (non-hydrogen) atoms. The molecule has 0 fully saturated rings. The molecule has 0 saturated carbocycles. The van der Waals surface area contributed by atoms with E-state index in [2.05, 4.69) is 29.4 Å². The molecule has 1 amide bonds. The van der Waals surface area contributed by atoms with Gasteiger partial charge < -0.3 is 5.32 Å². The van der Waals surface area contributed by atoms with Crippen molar-refractivity contribution < 1.29 is 4.79 Å². The van der Waals surface area contributed by atoms with Crippen LogP contribution in [0, 0.1) is 0 Å². The molecule has 0 saturated heterocycles. The Hall–Kier alpha value is -1.68. The number of anilines is 1. The number of nitrogens with one attached hydrogen (secondary N) is 1. The molecule has 2 rings (SSSR count). The van der Waals surface area contributed by atoms with Crippen molar-refractivity contribution in [2.24, 2.45) is 0 Å². The monoisotopic (exact) mass is 288 g/mol. The number of hydrogen-bond donors (Lipinski definition) is 1. The average molecular weight is 288 g/mol. The molecular weight excluding hydrogens is 268 g/mol. The predicted octanol–water partition coefficient (Wildman–Crippen LogP) is 4.25. The molecule has 1 aromatic heterocycles. The van der Waals surface area contributed by atoms with Crippen molar-refractivity contribution in [3.8, 4) is 0 Å². The van der Waals surface area contributed by atoms with Gasteiger partial charge in [0.25, 0.3) is 0 Å². The van der Waals surface area contributed by atoms with Gasteiger partial charge in [-0.2, -0.15) is 0 Å². The van der Waals surface area contributed by atoms with E-state index >= 15 is 0 Å². The quantitative estimate of drug-likeness (QED) is 0.774. The first kappa shape index (κ1) is 14.7.